The van der Waals surface area contributed by atoms with E-state index in [0.29, 0.717) is 0 Å². The number of hydrogen-bond acceptors (Lipinski definition) is 0. The summed E-state index contributed by atoms with van der Waals surface area (Å²) in [6, 6.07) is 2.69. The molecule has 0 aromatic heterocycles. The number of rotatable bonds is 18. The molecule has 0 atom stereocenters. The molecule has 23 heavy (non-hydrogen) atoms. The van der Waals surface area contributed by atoms with Crippen LogP contribution in [0.1, 0.15) is 117 Å². The van der Waals surface area contributed by atoms with E-state index in [1.165, 1.54) is 115 Å². The summed E-state index contributed by atoms with van der Waals surface area (Å²) in [4.78, 5) is 0. The molecule has 140 valence electrons. The van der Waals surface area contributed by atoms with Gasteiger partial charge in [-0.2, -0.15) is 11.1 Å². The molecule has 0 aromatic carbocycles. The lowest BCUT2D eigenvalue weighted by Gasteiger charge is -2.19. The van der Waals surface area contributed by atoms with Crippen LogP contribution in [0.25, 0.3) is 0 Å². The van der Waals surface area contributed by atoms with E-state index in [-0.39, 0.29) is 0 Å². The normalized spacial score (nSPS) is 12.0. The third-order valence-electron chi connectivity index (χ3n) is 5.10. The molecule has 0 unspecified atom stereocenters. The van der Waals surface area contributed by atoms with Crippen molar-refractivity contribution in [2.75, 3.05) is 0 Å². The van der Waals surface area contributed by atoms with Crippen LogP contribution >= 0.6 is 11.1 Å². The van der Waals surface area contributed by atoms with Gasteiger partial charge in [-0.1, -0.05) is 123 Å². The van der Waals surface area contributed by atoms with Gasteiger partial charge in [0.25, 0.3) is 0 Å². The zero-order valence-corrected chi connectivity index (χ0v) is 18.4. The van der Waals surface area contributed by atoms with Gasteiger partial charge in [-0.3, -0.25) is 0 Å². The highest BCUT2D eigenvalue weighted by atomic mass is 35.6. The Hall–Kier alpha value is 0.507. The smallest absolute Gasteiger partial charge is 0.153 e. The zero-order valence-electron chi connectivity index (χ0n) is 16.6. The topological polar surface area (TPSA) is 0 Å². The maximum Gasteiger partial charge on any atom is 0.153 e. The van der Waals surface area contributed by atoms with Gasteiger partial charge in [0, 0.05) is 0 Å². The van der Waals surface area contributed by atoms with Crippen LogP contribution in [0.5, 0.6) is 0 Å². The summed E-state index contributed by atoms with van der Waals surface area (Å²) in [6.45, 7) is 6.98. The summed E-state index contributed by atoms with van der Waals surface area (Å²) in [5.41, 5.74) is 0. The first-order valence-corrected chi connectivity index (χ1v) is 14.7. The summed E-state index contributed by atoms with van der Waals surface area (Å²) in [5.74, 6) is 0. The Kier molecular flexibility index (Phi) is 17.7. The first kappa shape index (κ1) is 23.5. The van der Waals surface area contributed by atoms with Crippen molar-refractivity contribution in [1.82, 2.24) is 0 Å². The van der Waals surface area contributed by atoms with E-state index in [4.69, 9.17) is 11.1 Å². The molecule has 2 heteroatoms. The molecule has 0 rings (SSSR count). The fourth-order valence-corrected chi connectivity index (χ4v) is 6.41. The highest BCUT2D eigenvalue weighted by molar-refractivity contribution is 7.19. The second kappa shape index (κ2) is 17.3. The van der Waals surface area contributed by atoms with Crippen LogP contribution in [0, 0.1) is 0 Å². The standard InChI is InChI=1S/C21H45ClSi/c1-4-6-8-10-12-14-16-18-20-23(3,22)21-19-17-15-13-11-9-7-5-2/h4-21H2,1-3H3. The highest BCUT2D eigenvalue weighted by Crippen LogP contribution is 2.27. The van der Waals surface area contributed by atoms with Gasteiger partial charge in [0.05, 0.1) is 0 Å². The fourth-order valence-electron chi connectivity index (χ4n) is 3.38. The first-order valence-electron chi connectivity index (χ1n) is 10.8. The van der Waals surface area contributed by atoms with Crippen LogP contribution < -0.4 is 0 Å². The lowest BCUT2D eigenvalue weighted by Crippen LogP contribution is -2.21. The Balaban J connectivity index is 3.33. The van der Waals surface area contributed by atoms with Gasteiger partial charge >= 0.3 is 0 Å². The van der Waals surface area contributed by atoms with Crippen molar-refractivity contribution in [3.8, 4) is 0 Å². The highest BCUT2D eigenvalue weighted by Gasteiger charge is 2.22. The van der Waals surface area contributed by atoms with E-state index in [2.05, 4.69) is 20.4 Å². The molecule has 0 aliphatic carbocycles. The Bertz CT molecular complexity index is 206. The Morgan fingerprint density at radius 2 is 0.739 bits per heavy atom. The van der Waals surface area contributed by atoms with Gasteiger partial charge in [-0.25, -0.2) is 0 Å². The Morgan fingerprint density at radius 3 is 1.04 bits per heavy atom. The quantitative estimate of drug-likeness (QED) is 0.130. The van der Waals surface area contributed by atoms with Gasteiger partial charge in [-0.05, 0) is 12.1 Å². The third-order valence-corrected chi connectivity index (χ3v) is 9.03. The third kappa shape index (κ3) is 18.7. The van der Waals surface area contributed by atoms with Crippen LogP contribution in [0.2, 0.25) is 18.6 Å². The molecule has 0 saturated carbocycles. The van der Waals surface area contributed by atoms with E-state index in [0.717, 1.165) is 0 Å². The predicted molar refractivity (Wildman–Crippen MR) is 112 cm³/mol. The Morgan fingerprint density at radius 1 is 0.478 bits per heavy atom. The van der Waals surface area contributed by atoms with Crippen molar-refractivity contribution in [2.24, 2.45) is 0 Å². The fraction of sp³-hybridized carbons (Fsp3) is 1.00. The maximum absolute atomic E-state index is 6.84. The van der Waals surface area contributed by atoms with E-state index < -0.39 is 7.38 Å². The molecular weight excluding hydrogens is 316 g/mol. The molecule has 0 fully saturated rings. The molecule has 0 aliphatic rings. The van der Waals surface area contributed by atoms with Gasteiger partial charge in [-0.15, -0.1) is 0 Å². The monoisotopic (exact) mass is 360 g/mol. The molecule has 0 spiro atoms. The first-order chi connectivity index (χ1) is 11.1. The van der Waals surface area contributed by atoms with Crippen LogP contribution in [0.15, 0.2) is 0 Å². The van der Waals surface area contributed by atoms with Crippen molar-refractivity contribution < 1.29 is 0 Å². The lowest BCUT2D eigenvalue weighted by atomic mass is 10.1. The van der Waals surface area contributed by atoms with Gasteiger partial charge in [0.1, 0.15) is 0 Å². The van der Waals surface area contributed by atoms with Crippen LogP contribution in [0.3, 0.4) is 0 Å². The van der Waals surface area contributed by atoms with E-state index in [1.54, 1.807) is 0 Å². The maximum atomic E-state index is 6.84. The van der Waals surface area contributed by atoms with Gasteiger partial charge < -0.3 is 0 Å². The molecule has 0 aromatic rings. The minimum Gasteiger partial charge on any atom is -0.167 e. The second-order valence-electron chi connectivity index (χ2n) is 7.86. The van der Waals surface area contributed by atoms with Gasteiger partial charge in [0.15, 0.2) is 7.38 Å². The number of unbranched alkanes of at least 4 members (excludes halogenated alkanes) is 14. The van der Waals surface area contributed by atoms with E-state index in [1.807, 2.05) is 0 Å². The minimum absolute atomic E-state index is 1.35. The predicted octanol–water partition coefficient (Wildman–Crippen LogP) is 9.08. The second-order valence-corrected chi connectivity index (χ2v) is 14.4. The molecule has 0 aliphatic heterocycles. The lowest BCUT2D eigenvalue weighted by molar-refractivity contribution is 0.580. The largest absolute Gasteiger partial charge is 0.167 e. The number of hydrogen-bond donors (Lipinski definition) is 0. The van der Waals surface area contributed by atoms with Crippen LogP contribution in [-0.2, 0) is 0 Å². The van der Waals surface area contributed by atoms with Crippen molar-refractivity contribution in [1.29, 1.82) is 0 Å². The van der Waals surface area contributed by atoms with Crippen molar-refractivity contribution in [3.63, 3.8) is 0 Å². The molecule has 0 saturated heterocycles. The molecule has 0 nitrogen and oxygen atoms in total. The summed E-state index contributed by atoms with van der Waals surface area (Å²) in [6.07, 6.45) is 22.7. The zero-order chi connectivity index (χ0) is 17.2. The summed E-state index contributed by atoms with van der Waals surface area (Å²) >= 11 is 6.84. The van der Waals surface area contributed by atoms with Gasteiger partial charge in [0.2, 0.25) is 0 Å². The molecule has 0 radical (unpaired) electrons. The molecule has 0 amide bonds. The van der Waals surface area contributed by atoms with E-state index in [9.17, 15) is 0 Å². The molecule has 0 heterocycles. The molecular formula is C21H45ClSi. The Labute approximate surface area is 153 Å². The van der Waals surface area contributed by atoms with Crippen LogP contribution in [-0.4, -0.2) is 7.38 Å². The summed E-state index contributed by atoms with van der Waals surface area (Å²) < 4.78 is 0. The van der Waals surface area contributed by atoms with Crippen molar-refractivity contribution >= 4 is 18.5 Å². The summed E-state index contributed by atoms with van der Waals surface area (Å²) in [5, 5.41) is 0. The number of halogens is 1. The molecule has 0 N–H and O–H groups in total. The molecule has 0 bridgehead atoms. The van der Waals surface area contributed by atoms with Crippen LogP contribution in [0.4, 0.5) is 0 Å². The average Bonchev–Trinajstić information content (AvgIpc) is 2.52. The van der Waals surface area contributed by atoms with Crippen molar-refractivity contribution in [3.05, 3.63) is 0 Å². The SMILES string of the molecule is CCCCCCCCCC[Si](C)(Cl)CCCCCCCCCC. The van der Waals surface area contributed by atoms with Crippen molar-refractivity contribution in [2.45, 2.75) is 135 Å². The summed E-state index contributed by atoms with van der Waals surface area (Å²) in [7, 11) is -1.39. The van der Waals surface area contributed by atoms with E-state index >= 15 is 0 Å². The minimum atomic E-state index is -1.39. The average molecular weight is 361 g/mol.